The zero-order valence-corrected chi connectivity index (χ0v) is 12.6. The van der Waals surface area contributed by atoms with E-state index in [1.165, 1.54) is 24.8 Å². The fourth-order valence-corrected chi connectivity index (χ4v) is 3.26. The van der Waals surface area contributed by atoms with Gasteiger partial charge in [-0.15, -0.1) is 0 Å². The molecule has 0 radical (unpaired) electrons. The van der Waals surface area contributed by atoms with Crippen LogP contribution in [0, 0.1) is 17.2 Å². The highest BCUT2D eigenvalue weighted by atomic mass is 15.1. The fourth-order valence-electron chi connectivity index (χ4n) is 3.26. The maximum atomic E-state index is 9.09. The molecule has 2 unspecified atom stereocenters. The number of likely N-dealkylation sites (tertiary alicyclic amines) is 1. The van der Waals surface area contributed by atoms with Gasteiger partial charge in [-0.1, -0.05) is 19.1 Å². The lowest BCUT2D eigenvalue weighted by Crippen LogP contribution is -2.40. The van der Waals surface area contributed by atoms with Crippen molar-refractivity contribution in [2.24, 2.45) is 5.92 Å². The lowest BCUT2D eigenvalue weighted by atomic mass is 9.84. The summed E-state index contributed by atoms with van der Waals surface area (Å²) >= 11 is 0. The quantitative estimate of drug-likeness (QED) is 0.837. The fraction of sp³-hybridized carbons (Fsp3) is 0.588. The summed E-state index contributed by atoms with van der Waals surface area (Å²) in [5.41, 5.74) is 2.05. The van der Waals surface area contributed by atoms with Crippen LogP contribution in [0.2, 0.25) is 0 Å². The summed E-state index contributed by atoms with van der Waals surface area (Å²) in [7, 11) is 2.20. The molecule has 108 valence electrons. The molecule has 3 heteroatoms. The first-order valence-corrected chi connectivity index (χ1v) is 7.67. The van der Waals surface area contributed by atoms with Crippen LogP contribution in [0.25, 0.3) is 0 Å². The number of nitrogens with zero attached hydrogens (tertiary/aromatic N) is 2. The number of nitriles is 1. The topological polar surface area (TPSA) is 39.1 Å². The SMILES string of the molecule is CCCNCC1CCCN(C)C1c1cccc(C#N)c1. The summed E-state index contributed by atoms with van der Waals surface area (Å²) in [6, 6.07) is 10.8. The van der Waals surface area contributed by atoms with Crippen molar-refractivity contribution in [2.75, 3.05) is 26.7 Å². The van der Waals surface area contributed by atoms with Gasteiger partial charge in [0, 0.05) is 6.04 Å². The third-order valence-electron chi connectivity index (χ3n) is 4.20. The number of nitrogens with one attached hydrogen (secondary N) is 1. The Labute approximate surface area is 122 Å². The molecule has 0 aliphatic carbocycles. The molecule has 1 saturated heterocycles. The summed E-state index contributed by atoms with van der Waals surface area (Å²) < 4.78 is 0. The van der Waals surface area contributed by atoms with E-state index in [0.717, 1.165) is 25.2 Å². The molecule has 0 bridgehead atoms. The van der Waals surface area contributed by atoms with Crippen LogP contribution >= 0.6 is 0 Å². The first-order valence-electron chi connectivity index (χ1n) is 7.67. The predicted molar refractivity (Wildman–Crippen MR) is 82.4 cm³/mol. The molecule has 1 aliphatic rings. The number of hydrogen-bond donors (Lipinski definition) is 1. The van der Waals surface area contributed by atoms with Crippen molar-refractivity contribution in [3.63, 3.8) is 0 Å². The molecule has 2 atom stereocenters. The molecule has 20 heavy (non-hydrogen) atoms. The molecular formula is C17H25N3. The largest absolute Gasteiger partial charge is 0.316 e. The van der Waals surface area contributed by atoms with Crippen molar-refractivity contribution in [1.82, 2.24) is 10.2 Å². The number of rotatable bonds is 5. The van der Waals surface area contributed by atoms with Crippen molar-refractivity contribution >= 4 is 0 Å². The Balaban J connectivity index is 2.16. The molecule has 1 aliphatic heterocycles. The van der Waals surface area contributed by atoms with E-state index >= 15 is 0 Å². The van der Waals surface area contributed by atoms with E-state index in [0.29, 0.717) is 12.0 Å². The minimum atomic E-state index is 0.432. The lowest BCUT2D eigenvalue weighted by Gasteiger charge is -2.40. The van der Waals surface area contributed by atoms with Crippen LogP contribution in [0.4, 0.5) is 0 Å². The Morgan fingerprint density at radius 1 is 1.45 bits per heavy atom. The number of piperidine rings is 1. The molecule has 1 aromatic carbocycles. The molecule has 2 rings (SSSR count). The average molecular weight is 271 g/mol. The third kappa shape index (κ3) is 3.59. The van der Waals surface area contributed by atoms with Gasteiger partial charge in [0.15, 0.2) is 0 Å². The normalized spacial score (nSPS) is 23.4. The van der Waals surface area contributed by atoms with Gasteiger partial charge in [0.25, 0.3) is 0 Å². The number of hydrogen-bond acceptors (Lipinski definition) is 3. The Morgan fingerprint density at radius 2 is 2.30 bits per heavy atom. The predicted octanol–water partition coefficient (Wildman–Crippen LogP) is 2.94. The summed E-state index contributed by atoms with van der Waals surface area (Å²) in [4.78, 5) is 2.44. The molecule has 1 heterocycles. The summed E-state index contributed by atoms with van der Waals surface area (Å²) in [5, 5.41) is 12.7. The van der Waals surface area contributed by atoms with Crippen LogP contribution in [0.3, 0.4) is 0 Å². The van der Waals surface area contributed by atoms with Gasteiger partial charge >= 0.3 is 0 Å². The molecule has 0 aromatic heterocycles. The third-order valence-corrected chi connectivity index (χ3v) is 4.20. The Hall–Kier alpha value is -1.37. The first kappa shape index (κ1) is 15.0. The highest BCUT2D eigenvalue weighted by Crippen LogP contribution is 2.34. The van der Waals surface area contributed by atoms with Gasteiger partial charge in [-0.05, 0) is 69.6 Å². The van der Waals surface area contributed by atoms with E-state index in [-0.39, 0.29) is 0 Å². The zero-order chi connectivity index (χ0) is 14.4. The summed E-state index contributed by atoms with van der Waals surface area (Å²) in [6.45, 7) is 5.50. The van der Waals surface area contributed by atoms with E-state index in [4.69, 9.17) is 5.26 Å². The standard InChI is InChI=1S/C17H25N3/c1-3-9-19-13-16-8-5-10-20(2)17(16)15-7-4-6-14(11-15)12-18/h4,6-7,11,16-17,19H,3,5,8-10,13H2,1-2H3. The van der Waals surface area contributed by atoms with Gasteiger partial charge in [0.1, 0.15) is 0 Å². The van der Waals surface area contributed by atoms with E-state index < -0.39 is 0 Å². The van der Waals surface area contributed by atoms with Crippen molar-refractivity contribution in [2.45, 2.75) is 32.2 Å². The van der Waals surface area contributed by atoms with Crippen molar-refractivity contribution in [3.05, 3.63) is 35.4 Å². The molecule has 1 aromatic rings. The van der Waals surface area contributed by atoms with Gasteiger partial charge in [-0.3, -0.25) is 4.90 Å². The van der Waals surface area contributed by atoms with Crippen LogP contribution in [0.15, 0.2) is 24.3 Å². The zero-order valence-electron chi connectivity index (χ0n) is 12.6. The Bertz CT molecular complexity index is 464. The van der Waals surface area contributed by atoms with E-state index in [9.17, 15) is 0 Å². The average Bonchev–Trinajstić information content (AvgIpc) is 2.48. The van der Waals surface area contributed by atoms with E-state index in [1.54, 1.807) is 0 Å². The molecule has 0 saturated carbocycles. The van der Waals surface area contributed by atoms with Gasteiger partial charge in [-0.25, -0.2) is 0 Å². The molecule has 0 spiro atoms. The molecular weight excluding hydrogens is 246 g/mol. The van der Waals surface area contributed by atoms with Gasteiger partial charge in [0.05, 0.1) is 11.6 Å². The minimum absolute atomic E-state index is 0.432. The summed E-state index contributed by atoms with van der Waals surface area (Å²) in [5.74, 6) is 0.634. The second-order valence-electron chi connectivity index (χ2n) is 5.77. The molecule has 0 amide bonds. The molecule has 1 N–H and O–H groups in total. The maximum Gasteiger partial charge on any atom is 0.0991 e. The van der Waals surface area contributed by atoms with E-state index in [1.807, 2.05) is 12.1 Å². The van der Waals surface area contributed by atoms with Crippen molar-refractivity contribution in [1.29, 1.82) is 5.26 Å². The van der Waals surface area contributed by atoms with Crippen LogP contribution in [0.5, 0.6) is 0 Å². The minimum Gasteiger partial charge on any atom is -0.316 e. The van der Waals surface area contributed by atoms with Gasteiger partial charge in [0.2, 0.25) is 0 Å². The van der Waals surface area contributed by atoms with Crippen LogP contribution < -0.4 is 5.32 Å². The van der Waals surface area contributed by atoms with Crippen molar-refractivity contribution in [3.8, 4) is 6.07 Å². The first-order chi connectivity index (χ1) is 9.76. The Morgan fingerprint density at radius 3 is 3.05 bits per heavy atom. The second-order valence-corrected chi connectivity index (χ2v) is 5.77. The molecule has 1 fully saturated rings. The van der Waals surface area contributed by atoms with Crippen LogP contribution in [-0.4, -0.2) is 31.6 Å². The highest BCUT2D eigenvalue weighted by Gasteiger charge is 2.30. The lowest BCUT2D eigenvalue weighted by molar-refractivity contribution is 0.119. The second kappa shape index (κ2) is 7.42. The summed E-state index contributed by atoms with van der Waals surface area (Å²) in [6.07, 6.45) is 3.71. The monoisotopic (exact) mass is 271 g/mol. The van der Waals surface area contributed by atoms with Crippen molar-refractivity contribution < 1.29 is 0 Å². The highest BCUT2D eigenvalue weighted by molar-refractivity contribution is 5.34. The van der Waals surface area contributed by atoms with Gasteiger partial charge < -0.3 is 5.32 Å². The Kier molecular flexibility index (Phi) is 5.58. The smallest absolute Gasteiger partial charge is 0.0991 e. The van der Waals surface area contributed by atoms with Gasteiger partial charge in [-0.2, -0.15) is 5.26 Å². The van der Waals surface area contributed by atoms with E-state index in [2.05, 4.69) is 42.4 Å². The maximum absolute atomic E-state index is 9.09. The number of benzene rings is 1. The molecule has 3 nitrogen and oxygen atoms in total. The van der Waals surface area contributed by atoms with Crippen LogP contribution in [0.1, 0.15) is 43.4 Å². The van der Waals surface area contributed by atoms with Crippen LogP contribution in [-0.2, 0) is 0 Å².